The van der Waals surface area contributed by atoms with Crippen molar-refractivity contribution in [3.63, 3.8) is 0 Å². The van der Waals surface area contributed by atoms with Gasteiger partial charge in [-0.25, -0.2) is 0 Å². The maximum atomic E-state index is 12.7. The summed E-state index contributed by atoms with van der Waals surface area (Å²) in [5.74, 6) is 0.300. The number of likely N-dealkylation sites (tertiary alicyclic amines) is 1. The third-order valence-electron chi connectivity index (χ3n) is 6.30. The fraction of sp³-hybridized carbons (Fsp3) is 0.550. The van der Waals surface area contributed by atoms with E-state index in [1.165, 1.54) is 4.90 Å². The summed E-state index contributed by atoms with van der Waals surface area (Å²) in [7, 11) is 0. The summed E-state index contributed by atoms with van der Waals surface area (Å²) in [4.78, 5) is 39.0. The summed E-state index contributed by atoms with van der Waals surface area (Å²) in [6, 6.07) is 5.74. The molecule has 0 unspecified atom stereocenters. The molecule has 3 aliphatic rings. The highest BCUT2D eigenvalue weighted by Gasteiger charge is 2.60. The number of benzene rings is 1. The average Bonchev–Trinajstić information content (AvgIpc) is 3.29. The fourth-order valence-electron chi connectivity index (χ4n) is 5.09. The minimum atomic E-state index is -0.164. The van der Waals surface area contributed by atoms with E-state index in [1.807, 2.05) is 25.1 Å². The van der Waals surface area contributed by atoms with E-state index in [1.54, 1.807) is 0 Å². The lowest BCUT2D eigenvalue weighted by Gasteiger charge is -2.19. The highest BCUT2D eigenvalue weighted by Crippen LogP contribution is 2.56. The second-order valence-electron chi connectivity index (χ2n) is 7.67. The molecule has 5 nitrogen and oxygen atoms in total. The molecule has 1 aromatic carbocycles. The second-order valence-corrected chi connectivity index (χ2v) is 8.58. The number of hydrogen-bond acceptors (Lipinski definition) is 3. The number of rotatable bonds is 5. The van der Waals surface area contributed by atoms with E-state index in [9.17, 15) is 14.4 Å². The van der Waals surface area contributed by atoms with Gasteiger partial charge in [-0.15, -0.1) is 0 Å². The van der Waals surface area contributed by atoms with Gasteiger partial charge in [-0.3, -0.25) is 19.3 Å². The topological polar surface area (TPSA) is 66.5 Å². The van der Waals surface area contributed by atoms with Crippen LogP contribution in [-0.4, -0.2) is 29.2 Å². The Balaban J connectivity index is 1.38. The molecule has 1 aromatic rings. The Hall–Kier alpha value is -1.69. The van der Waals surface area contributed by atoms with E-state index in [2.05, 4.69) is 21.2 Å². The molecule has 2 bridgehead atoms. The molecule has 3 fully saturated rings. The highest BCUT2D eigenvalue weighted by molar-refractivity contribution is 9.10. The number of hydrogen-bond donors (Lipinski definition) is 1. The van der Waals surface area contributed by atoms with Crippen LogP contribution in [0.3, 0.4) is 0 Å². The highest BCUT2D eigenvalue weighted by atomic mass is 79.9. The van der Waals surface area contributed by atoms with Crippen LogP contribution < -0.4 is 5.32 Å². The van der Waals surface area contributed by atoms with Gasteiger partial charge in [-0.05, 0) is 61.3 Å². The van der Waals surface area contributed by atoms with Crippen molar-refractivity contribution >= 4 is 39.3 Å². The van der Waals surface area contributed by atoms with E-state index in [0.717, 1.165) is 41.4 Å². The van der Waals surface area contributed by atoms with Crippen LogP contribution in [0, 0.1) is 23.7 Å². The van der Waals surface area contributed by atoms with Gasteiger partial charge in [0.15, 0.2) is 0 Å². The maximum Gasteiger partial charge on any atom is 0.233 e. The molecule has 0 radical (unpaired) electrons. The Kier molecular flexibility index (Phi) is 4.63. The van der Waals surface area contributed by atoms with Crippen molar-refractivity contribution in [3.8, 4) is 0 Å². The molecule has 2 saturated carbocycles. The van der Waals surface area contributed by atoms with Crippen molar-refractivity contribution in [1.82, 2.24) is 4.90 Å². The predicted octanol–water partition coefficient (Wildman–Crippen LogP) is 3.37. The quantitative estimate of drug-likeness (QED) is 0.745. The monoisotopic (exact) mass is 418 g/mol. The number of imide groups is 1. The SMILES string of the molecule is CCc1cc(Br)ccc1NC(=O)CCN1C(=O)[C@@H]2[C@H]3CC[C@@H](C3)[C@H]2C1=O. The van der Waals surface area contributed by atoms with Gasteiger partial charge in [-0.2, -0.15) is 0 Å². The van der Waals surface area contributed by atoms with E-state index in [-0.39, 0.29) is 42.5 Å². The predicted molar refractivity (Wildman–Crippen MR) is 101 cm³/mol. The number of nitrogens with one attached hydrogen (secondary N) is 1. The van der Waals surface area contributed by atoms with Gasteiger partial charge in [-0.1, -0.05) is 22.9 Å². The molecule has 1 N–H and O–H groups in total. The number of anilines is 1. The van der Waals surface area contributed by atoms with E-state index < -0.39 is 0 Å². The zero-order valence-electron chi connectivity index (χ0n) is 14.8. The third-order valence-corrected chi connectivity index (χ3v) is 6.80. The Labute approximate surface area is 161 Å². The van der Waals surface area contributed by atoms with E-state index >= 15 is 0 Å². The zero-order valence-corrected chi connectivity index (χ0v) is 16.4. The lowest BCUT2D eigenvalue weighted by molar-refractivity contribution is -0.140. The molecule has 6 heteroatoms. The standard InChI is InChI=1S/C20H23BrN2O3/c1-2-11-10-14(21)5-6-15(11)22-16(24)7-8-23-19(25)17-12-3-4-13(9-12)18(17)20(23)26/h5-6,10,12-13,17-18H,2-4,7-9H2,1H3,(H,22,24)/t12-,13-,17+,18+/m0/s1. The number of halogens is 1. The number of aryl methyl sites for hydroxylation is 1. The van der Waals surface area contributed by atoms with Crippen molar-refractivity contribution < 1.29 is 14.4 Å². The van der Waals surface area contributed by atoms with Crippen LogP contribution >= 0.6 is 15.9 Å². The van der Waals surface area contributed by atoms with Gasteiger partial charge >= 0.3 is 0 Å². The van der Waals surface area contributed by atoms with Gasteiger partial charge in [0.05, 0.1) is 11.8 Å². The molecule has 138 valence electrons. The van der Waals surface area contributed by atoms with Gasteiger partial charge in [0.2, 0.25) is 17.7 Å². The average molecular weight is 419 g/mol. The number of amides is 3. The van der Waals surface area contributed by atoms with Gasteiger partial charge in [0.25, 0.3) is 0 Å². The normalized spacial score (nSPS) is 29.4. The number of nitrogens with zero attached hydrogens (tertiary/aromatic N) is 1. The van der Waals surface area contributed by atoms with E-state index in [4.69, 9.17) is 0 Å². The third kappa shape index (κ3) is 2.88. The largest absolute Gasteiger partial charge is 0.326 e. The smallest absolute Gasteiger partial charge is 0.233 e. The first-order chi connectivity index (χ1) is 12.5. The zero-order chi connectivity index (χ0) is 18.4. The maximum absolute atomic E-state index is 12.7. The molecule has 1 saturated heterocycles. The molecular formula is C20H23BrN2O3. The Bertz CT molecular complexity index is 750. The summed E-state index contributed by atoms with van der Waals surface area (Å²) in [6.45, 7) is 2.22. The molecule has 26 heavy (non-hydrogen) atoms. The van der Waals surface area contributed by atoms with Crippen molar-refractivity contribution in [2.24, 2.45) is 23.7 Å². The first kappa shape index (κ1) is 17.7. The lowest BCUT2D eigenvalue weighted by Crippen LogP contribution is -2.35. The number of fused-ring (bicyclic) bond motifs is 5. The second kappa shape index (κ2) is 6.80. The minimum absolute atomic E-state index is 0.0436. The first-order valence-corrected chi connectivity index (χ1v) is 10.2. The Morgan fingerprint density at radius 1 is 1.19 bits per heavy atom. The molecule has 4 rings (SSSR count). The van der Waals surface area contributed by atoms with Crippen LogP contribution in [0.1, 0.15) is 38.2 Å². The summed E-state index contributed by atoms with van der Waals surface area (Å²) >= 11 is 3.44. The molecule has 3 amide bonds. The summed E-state index contributed by atoms with van der Waals surface area (Å²) in [5, 5.41) is 2.91. The van der Waals surface area contributed by atoms with Crippen LogP contribution in [0.2, 0.25) is 0 Å². The van der Waals surface area contributed by atoms with Crippen LogP contribution in [0.4, 0.5) is 5.69 Å². The molecule has 0 aromatic heterocycles. The molecule has 0 spiro atoms. The van der Waals surface area contributed by atoms with Crippen molar-refractivity contribution in [2.45, 2.75) is 39.0 Å². The van der Waals surface area contributed by atoms with Crippen molar-refractivity contribution in [2.75, 3.05) is 11.9 Å². The van der Waals surface area contributed by atoms with E-state index in [0.29, 0.717) is 11.8 Å². The summed E-state index contributed by atoms with van der Waals surface area (Å²) in [6.07, 6.45) is 4.13. The number of carbonyl (C=O) groups is 3. The minimum Gasteiger partial charge on any atom is -0.326 e. The van der Waals surface area contributed by atoms with Crippen LogP contribution in [-0.2, 0) is 20.8 Å². The molecule has 1 aliphatic heterocycles. The molecule has 2 aliphatic carbocycles. The lowest BCUT2D eigenvalue weighted by atomic mass is 9.81. The van der Waals surface area contributed by atoms with Gasteiger partial charge in [0.1, 0.15) is 0 Å². The summed E-state index contributed by atoms with van der Waals surface area (Å²) in [5.41, 5.74) is 1.84. The summed E-state index contributed by atoms with van der Waals surface area (Å²) < 4.78 is 0.974. The molecule has 4 atom stereocenters. The van der Waals surface area contributed by atoms with Crippen molar-refractivity contribution in [1.29, 1.82) is 0 Å². The Morgan fingerprint density at radius 2 is 1.85 bits per heavy atom. The fourth-order valence-corrected chi connectivity index (χ4v) is 5.50. The first-order valence-electron chi connectivity index (χ1n) is 9.43. The van der Waals surface area contributed by atoms with Crippen molar-refractivity contribution in [3.05, 3.63) is 28.2 Å². The molecular weight excluding hydrogens is 396 g/mol. The number of carbonyl (C=O) groups excluding carboxylic acids is 3. The van der Waals surface area contributed by atoms with Gasteiger partial charge < -0.3 is 5.32 Å². The van der Waals surface area contributed by atoms with Gasteiger partial charge in [0, 0.05) is 23.1 Å². The van der Waals surface area contributed by atoms with Crippen LogP contribution in [0.15, 0.2) is 22.7 Å². The van der Waals surface area contributed by atoms with Crippen LogP contribution in [0.5, 0.6) is 0 Å². The van der Waals surface area contributed by atoms with Crippen LogP contribution in [0.25, 0.3) is 0 Å². The Morgan fingerprint density at radius 3 is 2.46 bits per heavy atom. The molecule has 1 heterocycles.